The molecule has 0 bridgehead atoms. The molecule has 18 heavy (non-hydrogen) atoms. The minimum atomic E-state index is 0.177. The fraction of sp³-hybridized carbons (Fsp3) is 0.533. The smallest absolute Gasteiger partial charge is 0.226 e. The summed E-state index contributed by atoms with van der Waals surface area (Å²) in [5.74, 6) is 0.177. The van der Waals surface area contributed by atoms with Gasteiger partial charge in [-0.25, -0.2) is 0 Å². The van der Waals surface area contributed by atoms with Crippen LogP contribution >= 0.6 is 0 Å². The van der Waals surface area contributed by atoms with Gasteiger partial charge in [0.05, 0.1) is 6.42 Å². The molecule has 3 nitrogen and oxygen atoms in total. The summed E-state index contributed by atoms with van der Waals surface area (Å²) in [6.45, 7) is 4.78. The van der Waals surface area contributed by atoms with Crippen molar-refractivity contribution in [1.29, 1.82) is 0 Å². The number of hydrogen-bond acceptors (Lipinski definition) is 2. The second-order valence-corrected chi connectivity index (χ2v) is 4.84. The molecule has 0 aliphatic heterocycles. The van der Waals surface area contributed by atoms with Gasteiger partial charge in [-0.15, -0.1) is 0 Å². The molecule has 0 aliphatic rings. The number of amides is 1. The lowest BCUT2D eigenvalue weighted by molar-refractivity contribution is -0.131. The number of benzene rings is 1. The van der Waals surface area contributed by atoms with Gasteiger partial charge in [0, 0.05) is 19.6 Å². The molecule has 1 rings (SSSR count). The van der Waals surface area contributed by atoms with E-state index in [0.29, 0.717) is 19.0 Å². The Balaban J connectivity index is 2.57. The second-order valence-electron chi connectivity index (χ2n) is 4.84. The normalized spacial score (nSPS) is 12.2. The second kappa shape index (κ2) is 7.17. The highest BCUT2D eigenvalue weighted by Gasteiger charge is 2.15. The van der Waals surface area contributed by atoms with E-state index in [4.69, 9.17) is 5.73 Å². The maximum atomic E-state index is 12.1. The maximum Gasteiger partial charge on any atom is 0.226 e. The van der Waals surface area contributed by atoms with Crippen molar-refractivity contribution in [3.8, 4) is 0 Å². The lowest BCUT2D eigenvalue weighted by Gasteiger charge is -2.24. The van der Waals surface area contributed by atoms with Crippen LogP contribution in [0.1, 0.15) is 37.8 Å². The average Bonchev–Trinajstić information content (AvgIpc) is 2.39. The summed E-state index contributed by atoms with van der Waals surface area (Å²) in [5.41, 5.74) is 7.69. The third kappa shape index (κ3) is 4.15. The SMILES string of the molecule is CCCC(C)N(C)C(=O)Cc1ccc(CN)cc1. The third-order valence-electron chi connectivity index (χ3n) is 3.38. The van der Waals surface area contributed by atoms with Crippen molar-refractivity contribution in [2.24, 2.45) is 5.73 Å². The molecule has 0 radical (unpaired) electrons. The monoisotopic (exact) mass is 248 g/mol. The molecule has 1 aromatic carbocycles. The Kier molecular flexibility index (Phi) is 5.86. The number of hydrogen-bond donors (Lipinski definition) is 1. The Morgan fingerprint density at radius 1 is 1.28 bits per heavy atom. The standard InChI is InChI=1S/C15H24N2O/c1-4-5-12(2)17(3)15(18)10-13-6-8-14(11-16)9-7-13/h6-9,12H,4-5,10-11,16H2,1-3H3. The molecule has 1 atom stereocenters. The molecule has 2 N–H and O–H groups in total. The lowest BCUT2D eigenvalue weighted by atomic mass is 10.1. The number of likely N-dealkylation sites (N-methyl/N-ethyl adjacent to an activating group) is 1. The highest BCUT2D eigenvalue weighted by atomic mass is 16.2. The summed E-state index contributed by atoms with van der Waals surface area (Å²) in [7, 11) is 1.89. The molecule has 0 spiro atoms. The first-order chi connectivity index (χ1) is 8.58. The highest BCUT2D eigenvalue weighted by molar-refractivity contribution is 5.78. The zero-order chi connectivity index (χ0) is 13.5. The van der Waals surface area contributed by atoms with Crippen LogP contribution in [0.2, 0.25) is 0 Å². The van der Waals surface area contributed by atoms with Crippen molar-refractivity contribution in [1.82, 2.24) is 4.90 Å². The van der Waals surface area contributed by atoms with E-state index in [1.807, 2.05) is 36.2 Å². The van der Waals surface area contributed by atoms with Crippen LogP contribution in [0.15, 0.2) is 24.3 Å². The summed E-state index contributed by atoms with van der Waals surface area (Å²) < 4.78 is 0. The van der Waals surface area contributed by atoms with Crippen LogP contribution in [0.4, 0.5) is 0 Å². The molecule has 100 valence electrons. The first-order valence-corrected chi connectivity index (χ1v) is 6.62. The minimum Gasteiger partial charge on any atom is -0.343 e. The summed E-state index contributed by atoms with van der Waals surface area (Å²) >= 11 is 0. The highest BCUT2D eigenvalue weighted by Crippen LogP contribution is 2.09. The molecule has 1 amide bonds. The van der Waals surface area contributed by atoms with Gasteiger partial charge in [0.2, 0.25) is 5.91 Å². The van der Waals surface area contributed by atoms with E-state index in [2.05, 4.69) is 13.8 Å². The van der Waals surface area contributed by atoms with Crippen LogP contribution in [-0.2, 0) is 17.8 Å². The average molecular weight is 248 g/mol. The molecule has 0 saturated carbocycles. The van der Waals surface area contributed by atoms with Crippen molar-refractivity contribution in [2.45, 2.75) is 45.7 Å². The van der Waals surface area contributed by atoms with Crippen molar-refractivity contribution < 1.29 is 4.79 Å². The molecular formula is C15H24N2O. The predicted octanol–water partition coefficient (Wildman–Crippen LogP) is 2.33. The number of nitrogens with zero attached hydrogens (tertiary/aromatic N) is 1. The summed E-state index contributed by atoms with van der Waals surface area (Å²) in [5, 5.41) is 0. The van der Waals surface area contributed by atoms with Crippen molar-refractivity contribution in [3.63, 3.8) is 0 Å². The van der Waals surface area contributed by atoms with E-state index in [1.54, 1.807) is 0 Å². The molecule has 3 heteroatoms. The van der Waals surface area contributed by atoms with Crippen LogP contribution in [0.5, 0.6) is 0 Å². The van der Waals surface area contributed by atoms with E-state index >= 15 is 0 Å². The first kappa shape index (κ1) is 14.7. The molecule has 1 unspecified atom stereocenters. The van der Waals surface area contributed by atoms with Gasteiger partial charge in [-0.1, -0.05) is 37.6 Å². The molecule has 0 aliphatic carbocycles. The number of carbonyl (C=O) groups is 1. The van der Waals surface area contributed by atoms with Crippen LogP contribution in [0.3, 0.4) is 0 Å². The molecule has 0 heterocycles. The van der Waals surface area contributed by atoms with Gasteiger partial charge in [0.15, 0.2) is 0 Å². The van der Waals surface area contributed by atoms with E-state index in [0.717, 1.165) is 24.0 Å². The van der Waals surface area contributed by atoms with Crippen LogP contribution in [0, 0.1) is 0 Å². The van der Waals surface area contributed by atoms with Gasteiger partial charge in [-0.05, 0) is 24.5 Å². The summed E-state index contributed by atoms with van der Waals surface area (Å²) in [6, 6.07) is 8.25. The van der Waals surface area contributed by atoms with Crippen molar-refractivity contribution in [2.75, 3.05) is 7.05 Å². The quantitative estimate of drug-likeness (QED) is 0.840. The Bertz CT molecular complexity index is 373. The van der Waals surface area contributed by atoms with E-state index in [-0.39, 0.29) is 5.91 Å². The zero-order valence-electron chi connectivity index (χ0n) is 11.6. The molecule has 1 aromatic rings. The lowest BCUT2D eigenvalue weighted by Crippen LogP contribution is -2.36. The van der Waals surface area contributed by atoms with Crippen LogP contribution in [0.25, 0.3) is 0 Å². The van der Waals surface area contributed by atoms with E-state index in [9.17, 15) is 4.79 Å². The van der Waals surface area contributed by atoms with Gasteiger partial charge in [-0.3, -0.25) is 4.79 Å². The number of nitrogens with two attached hydrogens (primary N) is 1. The van der Waals surface area contributed by atoms with Gasteiger partial charge >= 0.3 is 0 Å². The topological polar surface area (TPSA) is 46.3 Å². The molecule has 0 aromatic heterocycles. The van der Waals surface area contributed by atoms with Gasteiger partial charge in [0.25, 0.3) is 0 Å². The summed E-state index contributed by atoms with van der Waals surface area (Å²) in [4.78, 5) is 13.9. The number of rotatable bonds is 6. The van der Waals surface area contributed by atoms with Gasteiger partial charge < -0.3 is 10.6 Å². The van der Waals surface area contributed by atoms with Gasteiger partial charge in [0.1, 0.15) is 0 Å². The van der Waals surface area contributed by atoms with Crippen molar-refractivity contribution >= 4 is 5.91 Å². The summed E-state index contributed by atoms with van der Waals surface area (Å²) in [6.07, 6.45) is 2.62. The minimum absolute atomic E-state index is 0.177. The van der Waals surface area contributed by atoms with E-state index < -0.39 is 0 Å². The number of carbonyl (C=O) groups excluding carboxylic acids is 1. The Hall–Kier alpha value is -1.35. The fourth-order valence-electron chi connectivity index (χ4n) is 1.95. The Morgan fingerprint density at radius 2 is 1.83 bits per heavy atom. The predicted molar refractivity (Wildman–Crippen MR) is 75.2 cm³/mol. The zero-order valence-corrected chi connectivity index (χ0v) is 11.6. The van der Waals surface area contributed by atoms with Crippen LogP contribution < -0.4 is 5.73 Å². The maximum absolute atomic E-state index is 12.1. The molecule has 0 fully saturated rings. The van der Waals surface area contributed by atoms with E-state index in [1.165, 1.54) is 0 Å². The Labute approximate surface area is 110 Å². The molecule has 0 saturated heterocycles. The first-order valence-electron chi connectivity index (χ1n) is 6.62. The Morgan fingerprint density at radius 3 is 2.33 bits per heavy atom. The largest absolute Gasteiger partial charge is 0.343 e. The van der Waals surface area contributed by atoms with Gasteiger partial charge in [-0.2, -0.15) is 0 Å². The van der Waals surface area contributed by atoms with Crippen LogP contribution in [-0.4, -0.2) is 23.9 Å². The van der Waals surface area contributed by atoms with Crippen molar-refractivity contribution in [3.05, 3.63) is 35.4 Å². The third-order valence-corrected chi connectivity index (χ3v) is 3.38. The molecular weight excluding hydrogens is 224 g/mol. The fourth-order valence-corrected chi connectivity index (χ4v) is 1.95.